The largest absolute Gasteiger partial charge is 0.497 e. The van der Waals surface area contributed by atoms with Gasteiger partial charge >= 0.3 is 0 Å². The number of ether oxygens (including phenoxy) is 1. The molecule has 7 heteroatoms. The fraction of sp³-hybridized carbons (Fsp3) is 0.571. The van der Waals surface area contributed by atoms with E-state index in [2.05, 4.69) is 4.72 Å². The van der Waals surface area contributed by atoms with Crippen LogP contribution in [-0.2, 0) is 16.8 Å². The molecule has 1 aromatic rings. The lowest BCUT2D eigenvalue weighted by Gasteiger charge is -2.31. The predicted molar refractivity (Wildman–Crippen MR) is 82.3 cm³/mol. The van der Waals surface area contributed by atoms with E-state index in [1.807, 2.05) is 12.1 Å². The van der Waals surface area contributed by atoms with E-state index in [0.29, 0.717) is 5.75 Å². The molecule has 0 aliphatic rings. The molecule has 0 amide bonds. The zero-order valence-electron chi connectivity index (χ0n) is 13.1. The van der Waals surface area contributed by atoms with Gasteiger partial charge in [-0.2, -0.15) is 17.4 Å². The lowest BCUT2D eigenvalue weighted by atomic mass is 10.0. The van der Waals surface area contributed by atoms with Crippen LogP contribution in [0.3, 0.4) is 0 Å². The topological polar surface area (TPSA) is 78.9 Å². The van der Waals surface area contributed by atoms with Crippen molar-refractivity contribution < 1.29 is 18.3 Å². The number of nitrogens with zero attached hydrogens (tertiary/aromatic N) is 1. The Labute approximate surface area is 126 Å². The Bertz CT molecular complexity index is 570. The van der Waals surface area contributed by atoms with Gasteiger partial charge in [-0.3, -0.25) is 0 Å². The second-order valence-corrected chi connectivity index (χ2v) is 7.39. The maximum atomic E-state index is 12.3. The number of methoxy groups -OCH3 is 1. The third kappa shape index (κ3) is 4.96. The van der Waals surface area contributed by atoms with Crippen molar-refractivity contribution in [1.82, 2.24) is 9.03 Å². The van der Waals surface area contributed by atoms with E-state index in [9.17, 15) is 13.5 Å². The number of aliphatic hydroxyl groups is 1. The highest BCUT2D eigenvalue weighted by atomic mass is 32.2. The summed E-state index contributed by atoms with van der Waals surface area (Å²) < 4.78 is 33.4. The van der Waals surface area contributed by atoms with Crippen LogP contribution in [0.5, 0.6) is 5.75 Å². The predicted octanol–water partition coefficient (Wildman–Crippen LogP) is 1.12. The van der Waals surface area contributed by atoms with Gasteiger partial charge in [-0.1, -0.05) is 12.1 Å². The zero-order chi connectivity index (χ0) is 16.3. The van der Waals surface area contributed by atoms with Crippen LogP contribution in [0.4, 0.5) is 0 Å². The minimum absolute atomic E-state index is 0.211. The van der Waals surface area contributed by atoms with Crippen molar-refractivity contribution in [3.8, 4) is 5.75 Å². The van der Waals surface area contributed by atoms with Gasteiger partial charge in [0.25, 0.3) is 10.2 Å². The van der Waals surface area contributed by atoms with Gasteiger partial charge < -0.3 is 9.84 Å². The van der Waals surface area contributed by atoms with Gasteiger partial charge in [0.15, 0.2) is 0 Å². The molecule has 0 spiro atoms. The van der Waals surface area contributed by atoms with E-state index < -0.39 is 21.9 Å². The minimum Gasteiger partial charge on any atom is -0.497 e. The number of benzene rings is 1. The first kappa shape index (κ1) is 17.9. The summed E-state index contributed by atoms with van der Waals surface area (Å²) in [4.78, 5) is 0. The summed E-state index contributed by atoms with van der Waals surface area (Å²) >= 11 is 0. The average molecular weight is 316 g/mol. The Morgan fingerprint density at radius 2 is 2.05 bits per heavy atom. The Morgan fingerprint density at radius 3 is 2.57 bits per heavy atom. The van der Waals surface area contributed by atoms with Crippen molar-refractivity contribution in [3.05, 3.63) is 29.8 Å². The monoisotopic (exact) mass is 316 g/mol. The van der Waals surface area contributed by atoms with Gasteiger partial charge in [-0.05, 0) is 38.5 Å². The molecule has 0 aromatic heterocycles. The molecule has 1 aromatic carbocycles. The first-order valence-electron chi connectivity index (χ1n) is 6.64. The second-order valence-electron chi connectivity index (χ2n) is 5.61. The molecular formula is C14H24N2O4S. The van der Waals surface area contributed by atoms with Crippen molar-refractivity contribution in [3.63, 3.8) is 0 Å². The summed E-state index contributed by atoms with van der Waals surface area (Å²) in [7, 11) is -0.650. The first-order valence-corrected chi connectivity index (χ1v) is 8.09. The van der Waals surface area contributed by atoms with Gasteiger partial charge in [0, 0.05) is 13.6 Å². The molecule has 1 rings (SSSR count). The lowest BCUT2D eigenvalue weighted by molar-refractivity contribution is 0.110. The van der Waals surface area contributed by atoms with E-state index in [0.717, 1.165) is 5.56 Å². The highest BCUT2D eigenvalue weighted by Crippen LogP contribution is 2.16. The summed E-state index contributed by atoms with van der Waals surface area (Å²) in [6.45, 7) is 5.02. The molecule has 0 heterocycles. The van der Waals surface area contributed by atoms with Crippen LogP contribution < -0.4 is 9.46 Å². The van der Waals surface area contributed by atoms with E-state index in [-0.39, 0.29) is 6.54 Å². The Kier molecular flexibility index (Phi) is 5.75. The quantitative estimate of drug-likeness (QED) is 0.790. The van der Waals surface area contributed by atoms with Crippen LogP contribution in [0, 0.1) is 0 Å². The van der Waals surface area contributed by atoms with Gasteiger partial charge in [0.1, 0.15) is 5.75 Å². The first-order chi connectivity index (χ1) is 9.58. The molecular weight excluding hydrogens is 292 g/mol. The molecule has 21 heavy (non-hydrogen) atoms. The van der Waals surface area contributed by atoms with E-state index >= 15 is 0 Å². The molecule has 0 aliphatic heterocycles. The normalized spacial score (nSPS) is 14.2. The highest BCUT2D eigenvalue weighted by molar-refractivity contribution is 7.87. The summed E-state index contributed by atoms with van der Waals surface area (Å²) in [5, 5.41) is 9.62. The van der Waals surface area contributed by atoms with E-state index in [1.54, 1.807) is 40.0 Å². The van der Waals surface area contributed by atoms with Crippen molar-refractivity contribution >= 4 is 10.2 Å². The van der Waals surface area contributed by atoms with Gasteiger partial charge in [-0.15, -0.1) is 0 Å². The second kappa shape index (κ2) is 6.74. The van der Waals surface area contributed by atoms with Crippen LogP contribution in [0.2, 0.25) is 0 Å². The van der Waals surface area contributed by atoms with Gasteiger partial charge in [0.2, 0.25) is 0 Å². The maximum absolute atomic E-state index is 12.3. The smallest absolute Gasteiger partial charge is 0.280 e. The Morgan fingerprint density at radius 1 is 1.43 bits per heavy atom. The van der Waals surface area contributed by atoms with Crippen molar-refractivity contribution in [2.45, 2.75) is 39.0 Å². The molecule has 1 atom stereocenters. The van der Waals surface area contributed by atoms with Crippen molar-refractivity contribution in [2.24, 2.45) is 0 Å². The van der Waals surface area contributed by atoms with Crippen molar-refractivity contribution in [2.75, 3.05) is 14.2 Å². The van der Waals surface area contributed by atoms with Gasteiger partial charge in [-0.25, -0.2) is 0 Å². The number of hydrogen-bond acceptors (Lipinski definition) is 4. The highest BCUT2D eigenvalue weighted by Gasteiger charge is 2.31. The average Bonchev–Trinajstić information content (AvgIpc) is 2.37. The molecule has 0 bridgehead atoms. The lowest BCUT2D eigenvalue weighted by Crippen LogP contribution is -2.54. The van der Waals surface area contributed by atoms with Crippen LogP contribution in [0.15, 0.2) is 24.3 Å². The van der Waals surface area contributed by atoms with Crippen LogP contribution in [-0.4, -0.2) is 43.6 Å². The van der Waals surface area contributed by atoms with Crippen LogP contribution in [0.1, 0.15) is 26.3 Å². The molecule has 2 N–H and O–H groups in total. The molecule has 0 saturated carbocycles. The summed E-state index contributed by atoms with van der Waals surface area (Å²) in [6, 6.07) is 7.22. The van der Waals surface area contributed by atoms with Gasteiger partial charge in [0.05, 0.1) is 18.8 Å². The number of aliphatic hydroxyl groups excluding tert-OH is 1. The van der Waals surface area contributed by atoms with Crippen molar-refractivity contribution in [1.29, 1.82) is 0 Å². The molecule has 0 aliphatic carbocycles. The maximum Gasteiger partial charge on any atom is 0.280 e. The van der Waals surface area contributed by atoms with Crippen LogP contribution >= 0.6 is 0 Å². The molecule has 0 saturated heterocycles. The molecule has 0 radical (unpaired) electrons. The zero-order valence-corrected chi connectivity index (χ0v) is 13.9. The summed E-state index contributed by atoms with van der Waals surface area (Å²) in [5.41, 5.74) is -0.126. The molecule has 120 valence electrons. The third-order valence-electron chi connectivity index (χ3n) is 3.39. The number of hydrogen-bond donors (Lipinski definition) is 2. The Balaban J connectivity index is 2.84. The SMILES string of the molecule is COc1cccc(CN(C)S(=O)(=O)NC(C)(C)C(C)O)c1. The number of rotatable bonds is 7. The molecule has 6 nitrogen and oxygen atoms in total. The fourth-order valence-electron chi connectivity index (χ4n) is 1.61. The molecule has 0 fully saturated rings. The minimum atomic E-state index is -3.70. The fourth-order valence-corrected chi connectivity index (χ4v) is 2.92. The summed E-state index contributed by atoms with van der Waals surface area (Å²) in [5.74, 6) is 0.676. The standard InChI is InChI=1S/C14H24N2O4S/c1-11(17)14(2,3)15-21(18,19)16(4)10-12-7-6-8-13(9-12)20-5/h6-9,11,15,17H,10H2,1-5H3. The third-order valence-corrected chi connectivity index (χ3v) is 5.12. The van der Waals surface area contributed by atoms with Crippen LogP contribution in [0.25, 0.3) is 0 Å². The van der Waals surface area contributed by atoms with E-state index in [1.165, 1.54) is 11.4 Å². The summed E-state index contributed by atoms with van der Waals surface area (Å²) in [6.07, 6.45) is -0.808. The number of nitrogens with one attached hydrogen (secondary N) is 1. The Hall–Kier alpha value is -1.15. The molecule has 1 unspecified atom stereocenters. The van der Waals surface area contributed by atoms with E-state index in [4.69, 9.17) is 4.74 Å².